The number of halogens is 1. The summed E-state index contributed by atoms with van der Waals surface area (Å²) in [7, 11) is 0. The maximum atomic E-state index is 14.1. The number of hydrogen-bond donors (Lipinski definition) is 2. The van der Waals surface area contributed by atoms with Crippen molar-refractivity contribution in [3.05, 3.63) is 12.7 Å². The molecule has 4 rings (SSSR count). The number of carboxylic acids is 1. The van der Waals surface area contributed by atoms with Gasteiger partial charge < -0.3 is 24.7 Å². The van der Waals surface area contributed by atoms with Crippen LogP contribution in [0, 0.1) is 11.8 Å². The van der Waals surface area contributed by atoms with Crippen molar-refractivity contribution < 1.29 is 29.3 Å². The summed E-state index contributed by atoms with van der Waals surface area (Å²) in [6, 6.07) is -1.52. The maximum absolute atomic E-state index is 14.1. The molecule has 172 valence electrons. The number of alkyl halides is 1. The second kappa shape index (κ2) is 8.48. The van der Waals surface area contributed by atoms with E-state index in [1.54, 1.807) is 17.9 Å². The monoisotopic (exact) mass is 498 g/mol. The molecule has 1 spiro atoms. The Kier molecular flexibility index (Phi) is 6.22. The van der Waals surface area contributed by atoms with Crippen molar-refractivity contribution in [3.8, 4) is 0 Å². The maximum Gasteiger partial charge on any atom is 0.310 e. The molecule has 1 unspecified atom stereocenters. The zero-order valence-corrected chi connectivity index (χ0v) is 19.4. The molecule has 2 amide bonds. The fourth-order valence-corrected chi connectivity index (χ4v) is 7.24. The van der Waals surface area contributed by atoms with E-state index in [9.17, 15) is 24.6 Å². The van der Waals surface area contributed by atoms with Gasteiger partial charge in [-0.25, -0.2) is 0 Å². The number of fused-ring (bicyclic) bond motifs is 1. The summed E-state index contributed by atoms with van der Waals surface area (Å²) in [5.74, 6) is -3.66. The normalized spacial score (nSPS) is 38.2. The van der Waals surface area contributed by atoms with E-state index in [2.05, 4.69) is 22.5 Å². The number of carbonyl (C=O) groups excluding carboxylic acids is 2. The third-order valence-corrected chi connectivity index (χ3v) is 8.45. The number of aliphatic hydroxyl groups excluding tert-OH is 1. The lowest BCUT2D eigenvalue weighted by molar-refractivity contribution is -0.154. The molecule has 4 fully saturated rings. The summed E-state index contributed by atoms with van der Waals surface area (Å²) in [6.07, 6.45) is 6.45. The predicted molar refractivity (Wildman–Crippen MR) is 116 cm³/mol. The molecule has 3 heterocycles. The van der Waals surface area contributed by atoms with Crippen LogP contribution in [0.1, 0.15) is 45.4 Å². The molecule has 3 aliphatic heterocycles. The molecule has 1 saturated carbocycles. The highest BCUT2D eigenvalue weighted by atomic mass is 79.9. The Labute approximate surface area is 190 Å². The molecule has 31 heavy (non-hydrogen) atoms. The molecule has 0 radical (unpaired) electrons. The SMILES string of the molecule is C=CCN(C(=O)[C@@H]1N([C@H](C)CO)C(=O)[C@H]2[C@H](C(=O)O)[C@H]3O[C@@]12CC3Br)C1CCCCC1. The zero-order chi connectivity index (χ0) is 22.5. The lowest BCUT2D eigenvalue weighted by Crippen LogP contribution is -2.60. The molecule has 0 aromatic carbocycles. The van der Waals surface area contributed by atoms with E-state index in [1.165, 1.54) is 4.90 Å². The number of carbonyl (C=O) groups is 3. The predicted octanol–water partition coefficient (Wildman–Crippen LogP) is 1.55. The Morgan fingerprint density at radius 2 is 2.06 bits per heavy atom. The highest BCUT2D eigenvalue weighted by Crippen LogP contribution is 2.60. The number of amides is 2. The van der Waals surface area contributed by atoms with Crippen LogP contribution in [-0.2, 0) is 19.1 Å². The van der Waals surface area contributed by atoms with Gasteiger partial charge in [0.25, 0.3) is 0 Å². The van der Waals surface area contributed by atoms with Gasteiger partial charge in [0.1, 0.15) is 11.6 Å². The van der Waals surface area contributed by atoms with Crippen molar-refractivity contribution in [1.82, 2.24) is 9.80 Å². The second-order valence-electron chi connectivity index (χ2n) is 9.35. The van der Waals surface area contributed by atoms with Gasteiger partial charge in [0, 0.05) is 17.4 Å². The average Bonchev–Trinajstić information content (AvgIpc) is 3.35. The molecular formula is C22H31BrN2O6. The zero-order valence-electron chi connectivity index (χ0n) is 17.8. The molecule has 1 aliphatic carbocycles. The number of rotatable bonds is 7. The summed E-state index contributed by atoms with van der Waals surface area (Å²) in [4.78, 5) is 42.7. The Bertz CT molecular complexity index is 771. The van der Waals surface area contributed by atoms with Gasteiger partial charge in [0.15, 0.2) is 0 Å². The van der Waals surface area contributed by atoms with Crippen molar-refractivity contribution in [1.29, 1.82) is 0 Å². The van der Waals surface area contributed by atoms with Crippen molar-refractivity contribution in [2.75, 3.05) is 13.2 Å². The smallest absolute Gasteiger partial charge is 0.310 e. The molecule has 0 aromatic heterocycles. The van der Waals surface area contributed by atoms with Gasteiger partial charge in [0.05, 0.1) is 30.6 Å². The van der Waals surface area contributed by atoms with Gasteiger partial charge in [-0.15, -0.1) is 6.58 Å². The van der Waals surface area contributed by atoms with E-state index >= 15 is 0 Å². The second-order valence-corrected chi connectivity index (χ2v) is 10.5. The topological polar surface area (TPSA) is 107 Å². The molecule has 0 aromatic rings. The molecule has 2 bridgehead atoms. The fraction of sp³-hybridized carbons (Fsp3) is 0.773. The van der Waals surface area contributed by atoms with E-state index in [4.69, 9.17) is 4.74 Å². The minimum absolute atomic E-state index is 0.0599. The number of aliphatic hydroxyl groups is 1. The summed E-state index contributed by atoms with van der Waals surface area (Å²) in [5, 5.41) is 19.7. The first-order valence-corrected chi connectivity index (χ1v) is 12.1. The van der Waals surface area contributed by atoms with Crippen molar-refractivity contribution >= 4 is 33.7 Å². The first-order chi connectivity index (χ1) is 14.8. The summed E-state index contributed by atoms with van der Waals surface area (Å²) < 4.78 is 6.27. The van der Waals surface area contributed by atoms with Crippen LogP contribution in [-0.4, -0.2) is 85.6 Å². The van der Waals surface area contributed by atoms with Gasteiger partial charge in [0.2, 0.25) is 11.8 Å². The molecule has 8 nitrogen and oxygen atoms in total. The third kappa shape index (κ3) is 3.35. The van der Waals surface area contributed by atoms with Crippen LogP contribution in [0.15, 0.2) is 12.7 Å². The Morgan fingerprint density at radius 1 is 1.39 bits per heavy atom. The van der Waals surface area contributed by atoms with Gasteiger partial charge in [-0.3, -0.25) is 14.4 Å². The molecule has 4 aliphatic rings. The van der Waals surface area contributed by atoms with Gasteiger partial charge in [-0.2, -0.15) is 0 Å². The van der Waals surface area contributed by atoms with Crippen LogP contribution >= 0.6 is 15.9 Å². The highest BCUT2D eigenvalue weighted by molar-refractivity contribution is 9.09. The standard InChI is InChI=1S/C22H31BrN2O6/c1-3-9-24(13-7-5-4-6-8-13)20(28)18-22-10-14(23)17(31-22)15(21(29)30)16(22)19(27)25(18)12(2)11-26/h3,12-18,26H,1,4-11H2,2H3,(H,29,30)/t12-,14?,15+,16-,17+,18+,22-/m1/s1. The number of nitrogens with zero attached hydrogens (tertiary/aromatic N) is 2. The third-order valence-electron chi connectivity index (χ3n) is 7.61. The van der Waals surface area contributed by atoms with Gasteiger partial charge in [-0.05, 0) is 26.2 Å². The summed E-state index contributed by atoms with van der Waals surface area (Å²) in [6.45, 7) is 5.54. The van der Waals surface area contributed by atoms with Gasteiger partial charge in [-0.1, -0.05) is 41.3 Å². The van der Waals surface area contributed by atoms with E-state index in [1.807, 2.05) is 0 Å². The minimum Gasteiger partial charge on any atom is -0.481 e. The van der Waals surface area contributed by atoms with E-state index < -0.39 is 47.5 Å². The lowest BCUT2D eigenvalue weighted by Gasteiger charge is -2.42. The van der Waals surface area contributed by atoms with Gasteiger partial charge >= 0.3 is 5.97 Å². The van der Waals surface area contributed by atoms with Crippen molar-refractivity contribution in [2.45, 2.75) is 80.1 Å². The molecule has 2 N–H and O–H groups in total. The van der Waals surface area contributed by atoms with Crippen molar-refractivity contribution in [3.63, 3.8) is 0 Å². The van der Waals surface area contributed by atoms with Crippen LogP contribution in [0.2, 0.25) is 0 Å². The molecule has 3 saturated heterocycles. The fourth-order valence-electron chi connectivity index (χ4n) is 6.30. The van der Waals surface area contributed by atoms with E-state index in [0.717, 1.165) is 32.1 Å². The quantitative estimate of drug-likeness (QED) is 0.407. The minimum atomic E-state index is -1.20. The van der Waals surface area contributed by atoms with E-state index in [0.29, 0.717) is 13.0 Å². The summed E-state index contributed by atoms with van der Waals surface area (Å²) >= 11 is 3.54. The Hall–Kier alpha value is -1.45. The Morgan fingerprint density at radius 3 is 2.65 bits per heavy atom. The van der Waals surface area contributed by atoms with Crippen LogP contribution in [0.3, 0.4) is 0 Å². The van der Waals surface area contributed by atoms with Crippen LogP contribution in [0.4, 0.5) is 0 Å². The number of hydrogen-bond acceptors (Lipinski definition) is 5. The molecular weight excluding hydrogens is 468 g/mol. The Balaban J connectivity index is 1.77. The first kappa shape index (κ1) is 22.7. The highest BCUT2D eigenvalue weighted by Gasteiger charge is 2.77. The summed E-state index contributed by atoms with van der Waals surface area (Å²) in [5.41, 5.74) is -1.20. The largest absolute Gasteiger partial charge is 0.481 e. The average molecular weight is 499 g/mol. The van der Waals surface area contributed by atoms with Crippen LogP contribution in [0.5, 0.6) is 0 Å². The number of likely N-dealkylation sites (tertiary alicyclic amines) is 1. The van der Waals surface area contributed by atoms with Crippen LogP contribution < -0.4 is 0 Å². The lowest BCUT2D eigenvalue weighted by atomic mass is 9.70. The number of aliphatic carboxylic acids is 1. The molecule has 9 heteroatoms. The number of carboxylic acid groups (broad SMARTS) is 1. The first-order valence-electron chi connectivity index (χ1n) is 11.2. The molecule has 7 atom stereocenters. The number of ether oxygens (including phenoxy) is 1. The van der Waals surface area contributed by atoms with E-state index in [-0.39, 0.29) is 23.4 Å². The van der Waals surface area contributed by atoms with Crippen LogP contribution in [0.25, 0.3) is 0 Å². The van der Waals surface area contributed by atoms with Crippen molar-refractivity contribution in [2.24, 2.45) is 11.8 Å².